The minimum Gasteiger partial charge on any atom is -0.494 e. The molecule has 2 N–H and O–H groups in total. The molecule has 1 aromatic carbocycles. The highest BCUT2D eigenvalue weighted by atomic mass is 19.1. The van der Waals surface area contributed by atoms with Crippen molar-refractivity contribution in [3.05, 3.63) is 41.5 Å². The number of carbonyl (C=O) groups is 3. The van der Waals surface area contributed by atoms with Gasteiger partial charge in [-0.3, -0.25) is 14.4 Å². The van der Waals surface area contributed by atoms with Crippen molar-refractivity contribution in [2.24, 2.45) is 0 Å². The van der Waals surface area contributed by atoms with Crippen LogP contribution in [0.2, 0.25) is 0 Å². The van der Waals surface area contributed by atoms with Gasteiger partial charge in [-0.1, -0.05) is 5.21 Å². The minimum atomic E-state index is -1.06. The summed E-state index contributed by atoms with van der Waals surface area (Å²) in [6.45, 7) is -0.266. The van der Waals surface area contributed by atoms with E-state index in [0.29, 0.717) is 5.69 Å². The number of ether oxygens (including phenoxy) is 1. The Morgan fingerprint density at radius 3 is 2.73 bits per heavy atom. The molecule has 0 saturated carbocycles. The number of aromatic nitrogens is 3. The zero-order valence-corrected chi connectivity index (χ0v) is 13.9. The van der Waals surface area contributed by atoms with Crippen molar-refractivity contribution in [3.63, 3.8) is 0 Å². The van der Waals surface area contributed by atoms with Crippen molar-refractivity contribution in [1.29, 1.82) is 0 Å². The zero-order valence-electron chi connectivity index (χ0n) is 13.9. The standard InChI is InChI=1S/C16H17FN4O5/c1-26-14-4-2-10(6-12(14)17)13(22)3-5-15(23)18-7-11-8-21(20-19-11)9-16(24)25/h2,4,6,8H,3,5,7,9H2,1H3,(H,18,23)(H,24,25). The Labute approximate surface area is 147 Å². The van der Waals surface area contributed by atoms with E-state index >= 15 is 0 Å². The molecule has 1 heterocycles. The van der Waals surface area contributed by atoms with Crippen LogP contribution in [0.1, 0.15) is 28.9 Å². The van der Waals surface area contributed by atoms with Gasteiger partial charge in [0.2, 0.25) is 5.91 Å². The van der Waals surface area contributed by atoms with Gasteiger partial charge in [0, 0.05) is 18.4 Å². The number of methoxy groups -OCH3 is 1. The molecular formula is C16H17FN4O5. The number of hydrogen-bond acceptors (Lipinski definition) is 6. The number of ketones is 1. The molecule has 0 fully saturated rings. The Kier molecular flexibility index (Phi) is 6.36. The van der Waals surface area contributed by atoms with Crippen molar-refractivity contribution in [2.45, 2.75) is 25.9 Å². The van der Waals surface area contributed by atoms with Crippen molar-refractivity contribution >= 4 is 17.7 Å². The van der Waals surface area contributed by atoms with Gasteiger partial charge < -0.3 is 15.2 Å². The van der Waals surface area contributed by atoms with E-state index in [2.05, 4.69) is 15.6 Å². The van der Waals surface area contributed by atoms with E-state index in [4.69, 9.17) is 9.84 Å². The predicted octanol–water partition coefficient (Wildman–Crippen LogP) is 0.790. The molecule has 0 bridgehead atoms. The monoisotopic (exact) mass is 364 g/mol. The quantitative estimate of drug-likeness (QED) is 0.631. The number of benzene rings is 1. The maximum atomic E-state index is 13.6. The van der Waals surface area contributed by atoms with Crippen LogP contribution in [0.25, 0.3) is 0 Å². The zero-order chi connectivity index (χ0) is 19.1. The second-order valence-electron chi connectivity index (χ2n) is 5.35. The molecular weight excluding hydrogens is 347 g/mol. The fraction of sp³-hybridized carbons (Fsp3) is 0.312. The normalized spacial score (nSPS) is 10.4. The van der Waals surface area contributed by atoms with Crippen LogP contribution in [0.4, 0.5) is 4.39 Å². The summed E-state index contributed by atoms with van der Waals surface area (Å²) in [6.07, 6.45) is 1.25. The van der Waals surface area contributed by atoms with Crippen LogP contribution >= 0.6 is 0 Å². The predicted molar refractivity (Wildman–Crippen MR) is 86.0 cm³/mol. The largest absolute Gasteiger partial charge is 0.494 e. The second-order valence-corrected chi connectivity index (χ2v) is 5.35. The molecule has 2 rings (SSSR count). The smallest absolute Gasteiger partial charge is 0.325 e. The molecule has 0 spiro atoms. The number of nitrogens with one attached hydrogen (secondary N) is 1. The molecule has 0 radical (unpaired) electrons. The van der Waals surface area contributed by atoms with E-state index < -0.39 is 11.8 Å². The molecule has 0 atom stereocenters. The lowest BCUT2D eigenvalue weighted by Gasteiger charge is -2.05. The van der Waals surface area contributed by atoms with Gasteiger partial charge in [0.1, 0.15) is 12.2 Å². The van der Waals surface area contributed by atoms with E-state index in [1.807, 2.05) is 0 Å². The number of amides is 1. The number of rotatable bonds is 9. The molecule has 0 aliphatic carbocycles. The van der Waals surface area contributed by atoms with Crippen LogP contribution < -0.4 is 10.1 Å². The van der Waals surface area contributed by atoms with Gasteiger partial charge in [-0.15, -0.1) is 5.10 Å². The van der Waals surface area contributed by atoms with Gasteiger partial charge >= 0.3 is 5.97 Å². The Hall–Kier alpha value is -3.30. The van der Waals surface area contributed by atoms with Gasteiger partial charge in [0.05, 0.1) is 19.9 Å². The first kappa shape index (κ1) is 19.0. The molecule has 0 aliphatic rings. The molecule has 9 nitrogen and oxygen atoms in total. The molecule has 26 heavy (non-hydrogen) atoms. The minimum absolute atomic E-state index is 0.0373. The van der Waals surface area contributed by atoms with Crippen molar-refractivity contribution < 1.29 is 28.6 Å². The fourth-order valence-corrected chi connectivity index (χ4v) is 2.12. The first-order valence-corrected chi connectivity index (χ1v) is 7.63. The lowest BCUT2D eigenvalue weighted by molar-refractivity contribution is -0.138. The Bertz CT molecular complexity index is 821. The van der Waals surface area contributed by atoms with Gasteiger partial charge in [-0.05, 0) is 18.2 Å². The first-order chi connectivity index (χ1) is 12.4. The van der Waals surface area contributed by atoms with Crippen LogP contribution in [0.15, 0.2) is 24.4 Å². The van der Waals surface area contributed by atoms with E-state index in [1.165, 1.54) is 25.4 Å². The van der Waals surface area contributed by atoms with Crippen LogP contribution in [-0.4, -0.2) is 44.9 Å². The molecule has 0 saturated heterocycles. The van der Waals surface area contributed by atoms with Gasteiger partial charge in [0.15, 0.2) is 17.3 Å². The molecule has 0 aliphatic heterocycles. The summed E-state index contributed by atoms with van der Waals surface area (Å²) < 4.78 is 19.5. The van der Waals surface area contributed by atoms with E-state index in [9.17, 15) is 18.8 Å². The van der Waals surface area contributed by atoms with Gasteiger partial charge in [-0.2, -0.15) is 0 Å². The number of carbonyl (C=O) groups excluding carboxylic acids is 2. The third-order valence-electron chi connectivity index (χ3n) is 3.40. The highest BCUT2D eigenvalue weighted by Crippen LogP contribution is 2.18. The Morgan fingerprint density at radius 1 is 1.31 bits per heavy atom. The summed E-state index contributed by atoms with van der Waals surface area (Å²) in [5, 5.41) is 18.5. The topological polar surface area (TPSA) is 123 Å². The van der Waals surface area contributed by atoms with Crippen molar-refractivity contribution in [3.8, 4) is 5.75 Å². The average Bonchev–Trinajstić information content (AvgIpc) is 3.04. The molecule has 2 aromatic rings. The maximum absolute atomic E-state index is 13.6. The molecule has 1 amide bonds. The average molecular weight is 364 g/mol. The van der Waals surface area contributed by atoms with Crippen molar-refractivity contribution in [2.75, 3.05) is 7.11 Å². The summed E-state index contributed by atoms with van der Waals surface area (Å²) >= 11 is 0. The van der Waals surface area contributed by atoms with Crippen molar-refractivity contribution in [1.82, 2.24) is 20.3 Å². The lowest BCUT2D eigenvalue weighted by Crippen LogP contribution is -2.23. The third-order valence-corrected chi connectivity index (χ3v) is 3.40. The number of hydrogen-bond donors (Lipinski definition) is 2. The summed E-state index contributed by atoms with van der Waals surface area (Å²) in [6, 6.07) is 3.85. The van der Waals surface area contributed by atoms with Crippen LogP contribution in [0, 0.1) is 5.82 Å². The maximum Gasteiger partial charge on any atom is 0.325 e. The number of carboxylic acids is 1. The molecule has 1 aromatic heterocycles. The summed E-state index contributed by atoms with van der Waals surface area (Å²) in [7, 11) is 1.32. The molecule has 138 valence electrons. The second kappa shape index (κ2) is 8.70. The number of halogens is 1. The summed E-state index contributed by atoms with van der Waals surface area (Å²) in [5.74, 6) is -2.42. The number of carboxylic acid groups (broad SMARTS) is 1. The van der Waals surface area contributed by atoms with E-state index in [1.54, 1.807) is 0 Å². The van der Waals surface area contributed by atoms with Crippen LogP contribution in [-0.2, 0) is 22.7 Å². The Balaban J connectivity index is 1.79. The van der Waals surface area contributed by atoms with E-state index in [0.717, 1.165) is 10.7 Å². The lowest BCUT2D eigenvalue weighted by atomic mass is 10.1. The molecule has 0 unspecified atom stereocenters. The SMILES string of the molecule is COc1ccc(C(=O)CCC(=O)NCc2cn(CC(=O)O)nn2)cc1F. The molecule has 10 heteroatoms. The van der Waals surface area contributed by atoms with Gasteiger partial charge in [-0.25, -0.2) is 9.07 Å². The fourth-order valence-electron chi connectivity index (χ4n) is 2.12. The van der Waals surface area contributed by atoms with Crippen LogP contribution in [0.3, 0.4) is 0 Å². The Morgan fingerprint density at radius 2 is 2.08 bits per heavy atom. The highest BCUT2D eigenvalue weighted by molar-refractivity contribution is 5.98. The number of Topliss-reactive ketones (excluding diaryl/α,β-unsaturated/α-hetero) is 1. The highest BCUT2D eigenvalue weighted by Gasteiger charge is 2.13. The number of nitrogens with zero attached hydrogens (tertiary/aromatic N) is 3. The van der Waals surface area contributed by atoms with Crippen LogP contribution in [0.5, 0.6) is 5.75 Å². The summed E-state index contributed by atoms with van der Waals surface area (Å²) in [5.41, 5.74) is 0.552. The summed E-state index contributed by atoms with van der Waals surface area (Å²) in [4.78, 5) is 34.4. The third kappa shape index (κ3) is 5.36. The van der Waals surface area contributed by atoms with E-state index in [-0.39, 0.29) is 48.9 Å². The van der Waals surface area contributed by atoms with Gasteiger partial charge in [0.25, 0.3) is 0 Å². The first-order valence-electron chi connectivity index (χ1n) is 7.63. The number of aliphatic carboxylic acids is 1.